The van der Waals surface area contributed by atoms with E-state index >= 15 is 0 Å². The summed E-state index contributed by atoms with van der Waals surface area (Å²) in [6.45, 7) is 8.38. The van der Waals surface area contributed by atoms with Crippen LogP contribution < -0.4 is 5.43 Å². The first-order valence-electron chi connectivity index (χ1n) is 7.77. The molecule has 0 aromatic rings. The molecule has 0 aromatic heterocycles. The van der Waals surface area contributed by atoms with Gasteiger partial charge in [0, 0.05) is 6.42 Å². The van der Waals surface area contributed by atoms with Crippen LogP contribution in [0.4, 0.5) is 4.79 Å². The van der Waals surface area contributed by atoms with Crippen LogP contribution >= 0.6 is 0 Å². The molecule has 0 bridgehead atoms. The number of carbonyl (C=O) groups excluding carboxylic acids is 3. The molecule has 0 saturated carbocycles. The third kappa shape index (κ3) is 4.44. The van der Waals surface area contributed by atoms with Gasteiger partial charge in [0.2, 0.25) is 0 Å². The lowest BCUT2D eigenvalue weighted by Crippen LogP contribution is -2.60. The van der Waals surface area contributed by atoms with Gasteiger partial charge >= 0.3 is 12.1 Å². The molecule has 9 heteroatoms. The average Bonchev–Trinajstić information content (AvgIpc) is 2.73. The Morgan fingerprint density at radius 2 is 2.00 bits per heavy atom. The summed E-state index contributed by atoms with van der Waals surface area (Å²) >= 11 is 0. The van der Waals surface area contributed by atoms with Crippen molar-refractivity contribution in [2.24, 2.45) is 5.10 Å². The van der Waals surface area contributed by atoms with E-state index in [4.69, 9.17) is 9.47 Å². The fourth-order valence-electron chi connectivity index (χ4n) is 2.32. The highest BCUT2D eigenvalue weighted by Crippen LogP contribution is 2.29. The van der Waals surface area contributed by atoms with Gasteiger partial charge in [-0.3, -0.25) is 14.8 Å². The van der Waals surface area contributed by atoms with Gasteiger partial charge in [-0.05, 0) is 47.5 Å². The fraction of sp³-hybridized carbons (Fsp3) is 0.733. The number of esters is 1. The van der Waals surface area contributed by atoms with Crippen molar-refractivity contribution < 1.29 is 29.1 Å². The zero-order chi connectivity index (χ0) is 18.5. The monoisotopic (exact) mass is 343 g/mol. The molecule has 0 fully saturated rings. The van der Waals surface area contributed by atoms with Gasteiger partial charge in [-0.25, -0.2) is 10.2 Å². The van der Waals surface area contributed by atoms with Gasteiger partial charge < -0.3 is 9.47 Å². The molecule has 2 amide bonds. The molecule has 136 valence electrons. The smallest absolute Gasteiger partial charge is 0.435 e. The second kappa shape index (κ2) is 7.61. The third-order valence-corrected chi connectivity index (χ3v) is 3.45. The lowest BCUT2D eigenvalue weighted by Gasteiger charge is -2.35. The minimum atomic E-state index is -1.70. The van der Waals surface area contributed by atoms with Gasteiger partial charge in [-0.1, -0.05) is 0 Å². The second-order valence-electron chi connectivity index (χ2n) is 6.45. The molecule has 2 N–H and O–H groups in total. The molecule has 24 heavy (non-hydrogen) atoms. The summed E-state index contributed by atoms with van der Waals surface area (Å²) in [6.07, 6.45) is -0.787. The van der Waals surface area contributed by atoms with Gasteiger partial charge in [0.15, 0.2) is 5.54 Å². The summed E-state index contributed by atoms with van der Waals surface area (Å²) in [5.74, 6) is -1.07. The van der Waals surface area contributed by atoms with Crippen molar-refractivity contribution in [2.75, 3.05) is 6.61 Å². The molecule has 9 nitrogen and oxygen atoms in total. The van der Waals surface area contributed by atoms with Crippen molar-refractivity contribution in [3.63, 3.8) is 0 Å². The van der Waals surface area contributed by atoms with Crippen molar-refractivity contribution in [3.8, 4) is 0 Å². The average molecular weight is 343 g/mol. The minimum Gasteiger partial charge on any atom is -0.466 e. The van der Waals surface area contributed by atoms with Crippen molar-refractivity contribution in [1.29, 1.82) is 0 Å². The quantitative estimate of drug-likeness (QED) is 0.429. The van der Waals surface area contributed by atoms with E-state index in [9.17, 15) is 19.6 Å². The number of nitrogens with zero attached hydrogens (tertiary/aromatic N) is 2. The zero-order valence-corrected chi connectivity index (χ0v) is 14.7. The highest BCUT2D eigenvalue weighted by atomic mass is 16.6. The van der Waals surface area contributed by atoms with Crippen LogP contribution in [0.15, 0.2) is 5.10 Å². The predicted octanol–water partition coefficient (Wildman–Crippen LogP) is 1.59. The first-order valence-corrected chi connectivity index (χ1v) is 7.77. The molecule has 1 atom stereocenters. The standard InChI is InChI=1S/C15H25N3O6/c1-6-23-11(19)8-7-9-15(10(2)16-17-12(15)20)18(22)13(21)24-14(3,4)5/h22H,6-9H2,1-5H3,(H,17,20). The number of rotatable bonds is 6. The molecular formula is C15H25N3O6. The van der Waals surface area contributed by atoms with Crippen LogP contribution in [0.2, 0.25) is 0 Å². The predicted molar refractivity (Wildman–Crippen MR) is 84.3 cm³/mol. The van der Waals surface area contributed by atoms with Gasteiger partial charge in [0.1, 0.15) is 5.60 Å². The molecular weight excluding hydrogens is 318 g/mol. The molecule has 1 rings (SSSR count). The number of hydroxylamine groups is 2. The van der Waals surface area contributed by atoms with Crippen LogP contribution in [0.3, 0.4) is 0 Å². The maximum atomic E-state index is 12.3. The van der Waals surface area contributed by atoms with Crippen molar-refractivity contribution >= 4 is 23.7 Å². The number of ether oxygens (including phenoxy) is 2. The first-order chi connectivity index (χ1) is 11.0. The summed E-state index contributed by atoms with van der Waals surface area (Å²) < 4.78 is 9.94. The number of hydrazone groups is 1. The summed E-state index contributed by atoms with van der Waals surface area (Å²) in [4.78, 5) is 35.9. The van der Waals surface area contributed by atoms with Crippen LogP contribution in [0.5, 0.6) is 0 Å². The van der Waals surface area contributed by atoms with Crippen molar-refractivity contribution in [2.45, 2.75) is 65.0 Å². The first kappa shape index (κ1) is 19.9. The van der Waals surface area contributed by atoms with Crippen LogP contribution in [0.25, 0.3) is 0 Å². The Labute approximate surface area is 140 Å². The summed E-state index contributed by atoms with van der Waals surface area (Å²) in [7, 11) is 0. The maximum absolute atomic E-state index is 12.3. The molecule has 0 saturated heterocycles. The Morgan fingerprint density at radius 1 is 1.38 bits per heavy atom. The van der Waals surface area contributed by atoms with E-state index in [-0.39, 0.29) is 36.6 Å². The number of nitrogens with one attached hydrogen (secondary N) is 1. The Morgan fingerprint density at radius 3 is 2.46 bits per heavy atom. The summed E-state index contributed by atoms with van der Waals surface area (Å²) in [6, 6.07) is 0. The topological polar surface area (TPSA) is 118 Å². The number of carbonyl (C=O) groups is 3. The normalized spacial score (nSPS) is 20.2. The van der Waals surface area contributed by atoms with Gasteiger partial charge in [0.05, 0.1) is 12.3 Å². The number of hydrogen-bond acceptors (Lipinski definition) is 7. The Hall–Kier alpha value is -2.16. The molecule has 1 aliphatic heterocycles. The lowest BCUT2D eigenvalue weighted by molar-refractivity contribution is -0.160. The molecule has 1 heterocycles. The van der Waals surface area contributed by atoms with E-state index in [1.54, 1.807) is 27.7 Å². The van der Waals surface area contributed by atoms with Crippen LogP contribution in [0.1, 0.15) is 53.9 Å². The summed E-state index contributed by atoms with van der Waals surface area (Å²) in [5.41, 5.74) is -0.0843. The maximum Gasteiger partial charge on any atom is 0.435 e. The number of amides is 2. The lowest BCUT2D eigenvalue weighted by atomic mass is 9.87. The molecule has 1 aliphatic rings. The molecule has 1 unspecified atom stereocenters. The van der Waals surface area contributed by atoms with Crippen LogP contribution in [-0.2, 0) is 19.1 Å². The van der Waals surface area contributed by atoms with Gasteiger partial charge in [0.25, 0.3) is 5.91 Å². The Balaban J connectivity index is 2.92. The SMILES string of the molecule is CCOC(=O)CCCC1(N(O)C(=O)OC(C)(C)C)C(=O)NN=C1C. The minimum absolute atomic E-state index is 0.00270. The van der Waals surface area contributed by atoms with Crippen LogP contribution in [-0.4, -0.2) is 51.7 Å². The van der Waals surface area contributed by atoms with E-state index in [1.807, 2.05) is 0 Å². The van der Waals surface area contributed by atoms with E-state index in [2.05, 4.69) is 10.5 Å². The van der Waals surface area contributed by atoms with Gasteiger partial charge in [-0.2, -0.15) is 10.2 Å². The Kier molecular flexibility index (Phi) is 6.30. The van der Waals surface area contributed by atoms with Gasteiger partial charge in [-0.15, -0.1) is 0 Å². The van der Waals surface area contributed by atoms with E-state index in [1.165, 1.54) is 6.92 Å². The largest absolute Gasteiger partial charge is 0.466 e. The molecule has 0 aliphatic carbocycles. The summed E-state index contributed by atoms with van der Waals surface area (Å²) in [5, 5.41) is 14.4. The van der Waals surface area contributed by atoms with E-state index in [0.717, 1.165) is 0 Å². The van der Waals surface area contributed by atoms with Crippen molar-refractivity contribution in [1.82, 2.24) is 10.5 Å². The van der Waals surface area contributed by atoms with Crippen LogP contribution in [0, 0.1) is 0 Å². The third-order valence-electron chi connectivity index (χ3n) is 3.45. The zero-order valence-electron chi connectivity index (χ0n) is 14.7. The molecule has 0 spiro atoms. The second-order valence-corrected chi connectivity index (χ2v) is 6.45. The van der Waals surface area contributed by atoms with Crippen molar-refractivity contribution in [3.05, 3.63) is 0 Å². The highest BCUT2D eigenvalue weighted by molar-refractivity contribution is 6.16. The van der Waals surface area contributed by atoms with E-state index in [0.29, 0.717) is 0 Å². The highest BCUT2D eigenvalue weighted by Gasteiger charge is 2.53. The Bertz CT molecular complexity index is 540. The fourth-order valence-corrected chi connectivity index (χ4v) is 2.32. The number of hydrogen-bond donors (Lipinski definition) is 2. The molecule has 0 radical (unpaired) electrons. The molecule has 0 aromatic carbocycles. The van der Waals surface area contributed by atoms with E-state index < -0.39 is 29.1 Å².